The first-order chi connectivity index (χ1) is 14.4. The molecule has 1 aliphatic heterocycles. The predicted octanol–water partition coefficient (Wildman–Crippen LogP) is 3.39. The van der Waals surface area contributed by atoms with Crippen LogP contribution in [0.2, 0.25) is 0 Å². The van der Waals surface area contributed by atoms with Crippen LogP contribution in [0.25, 0.3) is 10.9 Å². The van der Waals surface area contributed by atoms with Crippen LogP contribution < -0.4 is 9.64 Å². The molecule has 1 fully saturated rings. The van der Waals surface area contributed by atoms with Gasteiger partial charge in [0.15, 0.2) is 0 Å². The van der Waals surface area contributed by atoms with E-state index in [1.54, 1.807) is 19.2 Å². The predicted molar refractivity (Wildman–Crippen MR) is 119 cm³/mol. The maximum Gasteiger partial charge on any atom is 0.210 e. The maximum atomic E-state index is 13.7. The van der Waals surface area contributed by atoms with Crippen molar-refractivity contribution in [1.82, 2.24) is 9.88 Å². The minimum atomic E-state index is -3.73. The van der Waals surface area contributed by atoms with Crippen molar-refractivity contribution in [2.75, 3.05) is 45.2 Å². The zero-order valence-corrected chi connectivity index (χ0v) is 18.4. The number of aryl methyl sites for hydroxylation is 1. The van der Waals surface area contributed by atoms with Gasteiger partial charge in [-0.05, 0) is 49.4 Å². The first kappa shape index (κ1) is 20.6. The Morgan fingerprint density at radius 2 is 1.73 bits per heavy atom. The molecule has 6 nitrogen and oxygen atoms in total. The van der Waals surface area contributed by atoms with E-state index in [4.69, 9.17) is 4.74 Å². The number of nitrogens with zero attached hydrogens (tertiary/aromatic N) is 3. The maximum absolute atomic E-state index is 13.7. The largest absolute Gasteiger partial charge is 0.497 e. The first-order valence-electron chi connectivity index (χ1n) is 10.2. The summed E-state index contributed by atoms with van der Waals surface area (Å²) < 4.78 is 32.7. The first-order valence-corrected chi connectivity index (χ1v) is 11.7. The number of benzene rings is 2. The molecule has 0 N–H and O–H groups in total. The topological polar surface area (TPSA) is 62.7 Å². The Balaban J connectivity index is 1.92. The van der Waals surface area contributed by atoms with Crippen molar-refractivity contribution in [2.45, 2.75) is 23.1 Å². The number of hydrogen-bond donors (Lipinski definition) is 0. The Hall–Kier alpha value is -2.64. The van der Waals surface area contributed by atoms with Crippen LogP contribution in [0, 0.1) is 0 Å². The molecule has 0 bridgehead atoms. The number of sulfone groups is 1. The second-order valence-electron chi connectivity index (χ2n) is 7.65. The highest BCUT2D eigenvalue weighted by atomic mass is 32.2. The van der Waals surface area contributed by atoms with Crippen LogP contribution in [0.15, 0.2) is 58.5 Å². The van der Waals surface area contributed by atoms with Gasteiger partial charge < -0.3 is 14.5 Å². The van der Waals surface area contributed by atoms with Gasteiger partial charge in [-0.3, -0.25) is 4.98 Å². The molecule has 1 aromatic heterocycles. The van der Waals surface area contributed by atoms with Crippen LogP contribution in [0.1, 0.15) is 12.5 Å². The summed E-state index contributed by atoms with van der Waals surface area (Å²) >= 11 is 0. The summed E-state index contributed by atoms with van der Waals surface area (Å²) in [5.41, 5.74) is 2.58. The fraction of sp³-hybridized carbons (Fsp3) is 0.348. The van der Waals surface area contributed by atoms with E-state index in [9.17, 15) is 8.42 Å². The number of fused-ring (bicyclic) bond motifs is 1. The van der Waals surface area contributed by atoms with Crippen molar-refractivity contribution >= 4 is 26.4 Å². The van der Waals surface area contributed by atoms with Gasteiger partial charge in [-0.25, -0.2) is 8.42 Å². The summed E-state index contributed by atoms with van der Waals surface area (Å²) in [6.45, 7) is 5.31. The van der Waals surface area contributed by atoms with Crippen LogP contribution >= 0.6 is 0 Å². The number of anilines is 1. The van der Waals surface area contributed by atoms with Crippen LogP contribution in [0.3, 0.4) is 0 Å². The SMILES string of the molecule is CCc1ccc(S(=O)(=O)c2cnc3ccc(OC)cc3c2N2CCN(C)CC2)cc1. The Morgan fingerprint density at radius 3 is 2.37 bits per heavy atom. The molecular formula is C23H27N3O3S. The number of aromatic nitrogens is 1. The van der Waals surface area contributed by atoms with Gasteiger partial charge in [-0.15, -0.1) is 0 Å². The molecule has 3 aromatic rings. The molecule has 7 heteroatoms. The number of ether oxygens (including phenoxy) is 1. The van der Waals surface area contributed by atoms with Gasteiger partial charge >= 0.3 is 0 Å². The van der Waals surface area contributed by atoms with E-state index in [1.807, 2.05) is 30.3 Å². The molecule has 0 atom stereocenters. The fourth-order valence-electron chi connectivity index (χ4n) is 3.85. The molecule has 0 saturated carbocycles. The van der Waals surface area contributed by atoms with E-state index in [2.05, 4.69) is 28.8 Å². The molecule has 4 rings (SSSR count). The molecule has 2 heterocycles. The third-order valence-corrected chi connectivity index (χ3v) is 7.53. The highest BCUT2D eigenvalue weighted by Crippen LogP contribution is 2.37. The van der Waals surface area contributed by atoms with Crippen LogP contribution in [-0.2, 0) is 16.3 Å². The van der Waals surface area contributed by atoms with Crippen molar-refractivity contribution in [1.29, 1.82) is 0 Å². The lowest BCUT2D eigenvalue weighted by Gasteiger charge is -2.35. The lowest BCUT2D eigenvalue weighted by Crippen LogP contribution is -2.45. The Kier molecular flexibility index (Phi) is 5.66. The average Bonchev–Trinajstić information content (AvgIpc) is 2.78. The summed E-state index contributed by atoms with van der Waals surface area (Å²) in [5.74, 6) is 0.682. The normalized spacial score (nSPS) is 15.5. The fourth-order valence-corrected chi connectivity index (χ4v) is 5.28. The number of pyridine rings is 1. The Bertz CT molecular complexity index is 1150. The van der Waals surface area contributed by atoms with Crippen LogP contribution in [0.4, 0.5) is 5.69 Å². The summed E-state index contributed by atoms with van der Waals surface area (Å²) in [6.07, 6.45) is 2.37. The molecule has 1 aliphatic rings. The van der Waals surface area contributed by atoms with Crippen LogP contribution in [-0.4, -0.2) is 58.6 Å². The van der Waals surface area contributed by atoms with E-state index in [-0.39, 0.29) is 4.90 Å². The molecule has 158 valence electrons. The van der Waals surface area contributed by atoms with Gasteiger partial charge in [0.05, 0.1) is 23.2 Å². The van der Waals surface area contributed by atoms with Gasteiger partial charge in [0.2, 0.25) is 9.84 Å². The van der Waals surface area contributed by atoms with Crippen molar-refractivity contribution < 1.29 is 13.2 Å². The lowest BCUT2D eigenvalue weighted by atomic mass is 10.1. The van der Waals surface area contributed by atoms with Crippen molar-refractivity contribution in [3.63, 3.8) is 0 Å². The highest BCUT2D eigenvalue weighted by Gasteiger charge is 2.28. The van der Waals surface area contributed by atoms with E-state index in [0.717, 1.165) is 49.1 Å². The van der Waals surface area contributed by atoms with Crippen molar-refractivity contribution in [2.24, 2.45) is 0 Å². The zero-order chi connectivity index (χ0) is 21.3. The zero-order valence-electron chi connectivity index (χ0n) is 17.6. The summed E-state index contributed by atoms with van der Waals surface area (Å²) in [4.78, 5) is 9.43. The van der Waals surface area contributed by atoms with Gasteiger partial charge in [0.25, 0.3) is 0 Å². The van der Waals surface area contributed by atoms with E-state index < -0.39 is 9.84 Å². The number of likely N-dealkylation sites (N-methyl/N-ethyl adjacent to an activating group) is 1. The lowest BCUT2D eigenvalue weighted by molar-refractivity contribution is 0.312. The quantitative estimate of drug-likeness (QED) is 0.624. The molecule has 0 aliphatic carbocycles. The summed E-state index contributed by atoms with van der Waals surface area (Å²) in [6, 6.07) is 12.7. The third-order valence-electron chi connectivity index (χ3n) is 5.76. The molecule has 1 saturated heterocycles. The highest BCUT2D eigenvalue weighted by molar-refractivity contribution is 7.91. The van der Waals surface area contributed by atoms with Gasteiger partial charge in [0.1, 0.15) is 10.6 Å². The number of methoxy groups -OCH3 is 1. The second kappa shape index (κ2) is 8.24. The molecule has 30 heavy (non-hydrogen) atoms. The Labute approximate surface area is 178 Å². The smallest absolute Gasteiger partial charge is 0.210 e. The van der Waals surface area contributed by atoms with E-state index in [1.165, 1.54) is 6.20 Å². The number of hydrogen-bond acceptors (Lipinski definition) is 6. The molecular weight excluding hydrogens is 398 g/mol. The molecule has 0 unspecified atom stereocenters. The molecule has 2 aromatic carbocycles. The number of piperazine rings is 1. The Morgan fingerprint density at radius 1 is 1.03 bits per heavy atom. The standard InChI is InChI=1S/C23H27N3O3S/c1-4-17-5-8-19(9-6-17)30(27,28)22-16-24-21-10-7-18(29-3)15-20(21)23(22)26-13-11-25(2)12-14-26/h5-10,15-16H,4,11-14H2,1-3H3. The summed E-state index contributed by atoms with van der Waals surface area (Å²) in [7, 11) is -0.0347. The van der Waals surface area contributed by atoms with Gasteiger partial charge in [-0.2, -0.15) is 0 Å². The minimum absolute atomic E-state index is 0.247. The van der Waals surface area contributed by atoms with Gasteiger partial charge in [0, 0.05) is 37.8 Å². The van der Waals surface area contributed by atoms with Crippen molar-refractivity contribution in [3.05, 3.63) is 54.2 Å². The minimum Gasteiger partial charge on any atom is -0.497 e. The molecule has 0 amide bonds. The molecule has 0 radical (unpaired) electrons. The summed E-state index contributed by atoms with van der Waals surface area (Å²) in [5, 5.41) is 0.796. The van der Waals surface area contributed by atoms with E-state index in [0.29, 0.717) is 16.3 Å². The monoisotopic (exact) mass is 425 g/mol. The van der Waals surface area contributed by atoms with Gasteiger partial charge in [-0.1, -0.05) is 19.1 Å². The third kappa shape index (κ3) is 3.75. The van der Waals surface area contributed by atoms with Crippen molar-refractivity contribution in [3.8, 4) is 5.75 Å². The van der Waals surface area contributed by atoms with E-state index >= 15 is 0 Å². The second-order valence-corrected chi connectivity index (χ2v) is 9.56. The molecule has 0 spiro atoms. The number of rotatable bonds is 5. The average molecular weight is 426 g/mol. The van der Waals surface area contributed by atoms with Crippen LogP contribution in [0.5, 0.6) is 5.75 Å².